The van der Waals surface area contributed by atoms with E-state index in [9.17, 15) is 0 Å². The second-order valence-corrected chi connectivity index (χ2v) is 39.4. The van der Waals surface area contributed by atoms with Crippen LogP contribution in [0.3, 0.4) is 0 Å². The highest BCUT2D eigenvalue weighted by atomic mass is 16.3. The van der Waals surface area contributed by atoms with Gasteiger partial charge < -0.3 is 27.9 Å². The van der Waals surface area contributed by atoms with Gasteiger partial charge >= 0.3 is 0 Å². The first kappa shape index (κ1) is 81.7. The molecule has 0 radical (unpaired) electrons. The van der Waals surface area contributed by atoms with Gasteiger partial charge in [-0.3, -0.25) is 0 Å². The van der Waals surface area contributed by atoms with Crippen molar-refractivity contribution < 1.29 is 4.42 Å². The van der Waals surface area contributed by atoms with Gasteiger partial charge in [0.2, 0.25) is 0 Å². The molecule has 6 nitrogen and oxygen atoms in total. The third kappa shape index (κ3) is 11.6. The number of nitrogens with zero attached hydrogens (tertiary/aromatic N) is 5. The van der Waals surface area contributed by atoms with Gasteiger partial charge in [0.1, 0.15) is 11.2 Å². The highest BCUT2D eigenvalue weighted by molar-refractivity contribution is 6.21. The minimum Gasteiger partial charge on any atom is -0.455 e. The lowest BCUT2D eigenvalue weighted by Crippen LogP contribution is -2.33. The minimum absolute atomic E-state index is 0.660. The highest BCUT2D eigenvalue weighted by Gasteiger charge is 2.54. The molecular formula is C140H87N5O. The molecule has 2 aliphatic heterocycles. The SMILES string of the molecule is c1ccc(-c2ccc(-c3ccccc3N(c3ccc(-c4cccc5c4oc4ccc(-c6cccc7c6c6cccc8c6n7-c6ccccc6C86c7ccccc7-c7c(N(c8ccc(-c9ccc%10c%11ccccc%11n(-c%11ccccc%11)c%10c9)cc8)c8ccccc8-c8ccc(-c9ccccc9)cc8)cccc76)cc45)cc3)c3cccc4c3-c3ccccc3C43c4ccccc4-n4c5ccccc5c5cccc3c54)cc2)cc1. The van der Waals surface area contributed by atoms with E-state index >= 15 is 0 Å². The van der Waals surface area contributed by atoms with Gasteiger partial charge in [0.15, 0.2) is 0 Å². The number of anilines is 6. The fourth-order valence-corrected chi connectivity index (χ4v) is 26.3. The zero-order valence-electron chi connectivity index (χ0n) is 79.4. The normalized spacial score (nSPS) is 14.4. The van der Waals surface area contributed by atoms with E-state index in [0.29, 0.717) is 0 Å². The zero-order valence-corrected chi connectivity index (χ0v) is 79.4. The monoisotopic (exact) mass is 1850 g/mol. The van der Waals surface area contributed by atoms with Crippen molar-refractivity contribution in [3.63, 3.8) is 0 Å². The van der Waals surface area contributed by atoms with E-state index in [1.165, 1.54) is 155 Å². The van der Waals surface area contributed by atoms with Crippen molar-refractivity contribution in [1.29, 1.82) is 0 Å². The summed E-state index contributed by atoms with van der Waals surface area (Å²) in [6, 6.07) is 198. The molecule has 678 valence electrons. The first-order chi connectivity index (χ1) is 72.5. The molecule has 4 aromatic heterocycles. The van der Waals surface area contributed by atoms with Crippen molar-refractivity contribution >= 4 is 121 Å². The summed E-state index contributed by atoms with van der Waals surface area (Å²) in [6.45, 7) is 0. The van der Waals surface area contributed by atoms with Crippen molar-refractivity contribution in [2.45, 2.75) is 10.8 Å². The molecule has 2 atom stereocenters. The van der Waals surface area contributed by atoms with Crippen LogP contribution in [0, 0.1) is 0 Å². The number of hydrogen-bond acceptors (Lipinski definition) is 3. The number of benzene rings is 23. The fraction of sp³-hybridized carbons (Fsp3) is 0.0143. The molecule has 146 heavy (non-hydrogen) atoms. The molecule has 0 saturated carbocycles. The predicted octanol–water partition coefficient (Wildman–Crippen LogP) is 36.8. The van der Waals surface area contributed by atoms with Crippen LogP contribution in [0.25, 0.3) is 205 Å². The number of para-hydroxylation sites is 10. The van der Waals surface area contributed by atoms with Gasteiger partial charge in [0.05, 0.1) is 78.1 Å². The Kier molecular flexibility index (Phi) is 17.7. The largest absolute Gasteiger partial charge is 0.455 e. The van der Waals surface area contributed by atoms with Crippen LogP contribution in [-0.4, -0.2) is 13.7 Å². The molecule has 0 bridgehead atoms. The highest BCUT2D eigenvalue weighted by Crippen LogP contribution is 2.67. The predicted molar refractivity (Wildman–Crippen MR) is 606 cm³/mol. The standard InChI is InChI=1S/C140H87N5O/c1-4-32-88(33-5-1)90-66-70-93(71-67-90)101-38-12-20-57-122(101)141(99-80-74-92(75-81-99)96-78-84-107-105-40-14-22-59-124(105)143(131(107)87-96)98-36-8-3-9-37-98)129-64-31-54-119-135(129)111-43-11-17-50-115(111)140(119)117-52-19-25-62-127(117)145-128-63-29-44-103(133(128)112-48-28-56-121(140)137(112)145)97-79-85-132-113(86-97)109-47-26-45-104(138(109)146-132)95-76-82-100(83-77-95)142(123-58-21-13-39-102(123)94-72-68-91(69-73-94)89-34-6-2-7-35-89)130-65-30-53-118-134(130)110-42-10-16-49-114(110)139(118)116-51-18-24-61-126(116)144-125-60-23-15-41-106(125)108-46-27-55-120(139)136(108)144/h1-87H. The Morgan fingerprint density at radius 3 is 1.13 bits per heavy atom. The maximum absolute atomic E-state index is 7.28. The van der Waals surface area contributed by atoms with Crippen molar-refractivity contribution in [3.8, 4) is 117 Å². The lowest BCUT2D eigenvalue weighted by atomic mass is 9.65. The number of furan rings is 1. The Balaban J connectivity index is 0.539. The zero-order chi connectivity index (χ0) is 95.6. The number of rotatable bonds is 14. The van der Waals surface area contributed by atoms with Gasteiger partial charge in [-0.15, -0.1) is 0 Å². The van der Waals surface area contributed by atoms with Gasteiger partial charge in [-0.2, -0.15) is 0 Å². The van der Waals surface area contributed by atoms with Crippen molar-refractivity contribution in [2.75, 3.05) is 9.80 Å². The molecule has 23 aromatic carbocycles. The van der Waals surface area contributed by atoms with Crippen LogP contribution in [0.15, 0.2) is 532 Å². The van der Waals surface area contributed by atoms with Crippen LogP contribution in [0.1, 0.15) is 44.5 Å². The quantitative estimate of drug-likeness (QED) is 0.109. The summed E-state index contributed by atoms with van der Waals surface area (Å²) in [5, 5.41) is 9.49. The van der Waals surface area contributed by atoms with Crippen molar-refractivity contribution in [3.05, 3.63) is 572 Å². The fourth-order valence-electron chi connectivity index (χ4n) is 26.3. The molecule has 31 rings (SSSR count). The topological polar surface area (TPSA) is 34.4 Å². The van der Waals surface area contributed by atoms with Crippen LogP contribution in [0.5, 0.6) is 0 Å². The van der Waals surface area contributed by atoms with E-state index in [-0.39, 0.29) is 0 Å². The summed E-state index contributed by atoms with van der Waals surface area (Å²) in [5.74, 6) is 0. The molecule has 0 fully saturated rings. The lowest BCUT2D eigenvalue weighted by Gasteiger charge is -2.39. The first-order valence-electron chi connectivity index (χ1n) is 50.6. The number of aromatic nitrogens is 3. The molecular weight excluding hydrogens is 1770 g/mol. The molecule has 0 amide bonds. The lowest BCUT2D eigenvalue weighted by molar-refractivity contribution is 0.670. The van der Waals surface area contributed by atoms with Crippen molar-refractivity contribution in [2.24, 2.45) is 0 Å². The van der Waals surface area contributed by atoms with E-state index < -0.39 is 10.8 Å². The maximum atomic E-state index is 7.28. The molecule has 2 spiro atoms. The summed E-state index contributed by atoms with van der Waals surface area (Å²) in [4.78, 5) is 5.09. The van der Waals surface area contributed by atoms with Gasteiger partial charge in [-0.05, 0) is 226 Å². The molecule has 0 saturated heterocycles. The summed E-state index contributed by atoms with van der Waals surface area (Å²) >= 11 is 0. The van der Waals surface area contributed by atoms with E-state index in [2.05, 4.69) is 551 Å². The molecule has 0 N–H and O–H groups in total. The Hall–Kier alpha value is -19.1. The Bertz CT molecular complexity index is 10100. The van der Waals surface area contributed by atoms with Gasteiger partial charge in [-0.25, -0.2) is 0 Å². The second-order valence-electron chi connectivity index (χ2n) is 39.4. The van der Waals surface area contributed by atoms with E-state index in [1.807, 2.05) is 0 Å². The number of hydrogen-bond donors (Lipinski definition) is 0. The summed E-state index contributed by atoms with van der Waals surface area (Å²) in [5.41, 5.74) is 48.1. The number of fused-ring (bicyclic) bond motifs is 30. The Morgan fingerprint density at radius 1 is 0.185 bits per heavy atom. The Morgan fingerprint density at radius 2 is 0.541 bits per heavy atom. The second kappa shape index (κ2) is 31.7. The minimum atomic E-state index is -0.761. The smallest absolute Gasteiger partial charge is 0.143 e. The Labute approximate surface area is 843 Å². The van der Waals surface area contributed by atoms with Crippen LogP contribution in [-0.2, 0) is 10.8 Å². The van der Waals surface area contributed by atoms with Crippen LogP contribution < -0.4 is 9.80 Å². The molecule has 6 heterocycles. The van der Waals surface area contributed by atoms with Crippen molar-refractivity contribution in [1.82, 2.24) is 13.7 Å². The maximum Gasteiger partial charge on any atom is 0.143 e. The van der Waals surface area contributed by atoms with E-state index in [0.717, 1.165) is 129 Å². The van der Waals surface area contributed by atoms with Crippen LogP contribution in [0.2, 0.25) is 0 Å². The molecule has 4 aliphatic rings. The van der Waals surface area contributed by atoms with Crippen LogP contribution in [0.4, 0.5) is 34.1 Å². The molecule has 27 aromatic rings. The van der Waals surface area contributed by atoms with Gasteiger partial charge in [0.25, 0.3) is 0 Å². The van der Waals surface area contributed by atoms with Crippen LogP contribution >= 0.6 is 0 Å². The van der Waals surface area contributed by atoms with Gasteiger partial charge in [-0.1, -0.05) is 419 Å². The van der Waals surface area contributed by atoms with Gasteiger partial charge in [0, 0.05) is 88.0 Å². The summed E-state index contributed by atoms with van der Waals surface area (Å²) < 4.78 is 14.8. The third-order valence-corrected chi connectivity index (χ3v) is 32.3. The molecule has 6 heteroatoms. The summed E-state index contributed by atoms with van der Waals surface area (Å²) in [7, 11) is 0. The average molecular weight is 1860 g/mol. The third-order valence-electron chi connectivity index (χ3n) is 32.3. The van der Waals surface area contributed by atoms with E-state index in [4.69, 9.17) is 4.42 Å². The first-order valence-corrected chi connectivity index (χ1v) is 50.6. The average Bonchev–Trinajstić information content (AvgIpc) is 1.50. The molecule has 2 aliphatic carbocycles. The summed E-state index contributed by atoms with van der Waals surface area (Å²) in [6.07, 6.45) is 0. The van der Waals surface area contributed by atoms with E-state index in [1.54, 1.807) is 0 Å². The molecule has 2 unspecified atom stereocenters.